The zero-order valence-corrected chi connectivity index (χ0v) is 16.7. The lowest BCUT2D eigenvalue weighted by molar-refractivity contribution is 0.122. The summed E-state index contributed by atoms with van der Waals surface area (Å²) in [5, 5.41) is 9.00. The molecular formula is C20H28N6O2. The van der Waals surface area contributed by atoms with Gasteiger partial charge in [-0.05, 0) is 31.0 Å². The summed E-state index contributed by atoms with van der Waals surface area (Å²) in [6.07, 6.45) is 0. The minimum absolute atomic E-state index is 0.210. The predicted molar refractivity (Wildman–Crippen MR) is 111 cm³/mol. The molecule has 0 atom stereocenters. The summed E-state index contributed by atoms with van der Waals surface area (Å²) in [5.74, 6) is 2.71. The van der Waals surface area contributed by atoms with E-state index >= 15 is 0 Å². The molecule has 150 valence electrons. The molecule has 0 unspecified atom stereocenters. The number of carbonyl (C=O) groups is 1. The molecule has 0 radical (unpaired) electrons. The Labute approximate surface area is 165 Å². The van der Waals surface area contributed by atoms with Crippen LogP contribution in [0.15, 0.2) is 30.3 Å². The van der Waals surface area contributed by atoms with Gasteiger partial charge in [0, 0.05) is 37.1 Å². The van der Waals surface area contributed by atoms with Crippen LogP contribution in [0.5, 0.6) is 0 Å². The number of aryl methyl sites for hydroxylation is 1. The van der Waals surface area contributed by atoms with Crippen LogP contribution in [0.1, 0.15) is 19.7 Å². The Morgan fingerprint density at radius 3 is 2.68 bits per heavy atom. The first kappa shape index (κ1) is 19.9. The molecule has 8 nitrogen and oxygen atoms in total. The second-order valence-electron chi connectivity index (χ2n) is 7.19. The van der Waals surface area contributed by atoms with Gasteiger partial charge in [-0.3, -0.25) is 0 Å². The van der Waals surface area contributed by atoms with Gasteiger partial charge in [-0.25, -0.2) is 14.8 Å². The molecule has 1 fully saturated rings. The van der Waals surface area contributed by atoms with Crippen LogP contribution in [0.4, 0.5) is 27.8 Å². The van der Waals surface area contributed by atoms with Gasteiger partial charge in [-0.15, -0.1) is 0 Å². The highest BCUT2D eigenvalue weighted by atomic mass is 16.5. The van der Waals surface area contributed by atoms with E-state index in [9.17, 15) is 4.79 Å². The number of amides is 2. The van der Waals surface area contributed by atoms with Crippen molar-refractivity contribution >= 4 is 29.0 Å². The number of nitrogens with one attached hydrogen (secondary N) is 3. The summed E-state index contributed by atoms with van der Waals surface area (Å²) in [6.45, 7) is 9.68. The summed E-state index contributed by atoms with van der Waals surface area (Å²) < 4.78 is 5.41. The van der Waals surface area contributed by atoms with Crippen molar-refractivity contribution in [2.75, 3.05) is 48.4 Å². The van der Waals surface area contributed by atoms with Gasteiger partial charge in [-0.1, -0.05) is 19.9 Å². The van der Waals surface area contributed by atoms with Crippen LogP contribution in [0.25, 0.3) is 0 Å². The lowest BCUT2D eigenvalue weighted by atomic mass is 10.2. The average molecular weight is 384 g/mol. The Morgan fingerprint density at radius 1 is 1.18 bits per heavy atom. The highest BCUT2D eigenvalue weighted by Gasteiger charge is 2.14. The van der Waals surface area contributed by atoms with E-state index in [0.717, 1.165) is 30.4 Å². The molecule has 2 aromatic rings. The van der Waals surface area contributed by atoms with E-state index in [4.69, 9.17) is 4.74 Å². The maximum Gasteiger partial charge on any atom is 0.319 e. The van der Waals surface area contributed by atoms with Crippen LogP contribution < -0.4 is 20.9 Å². The van der Waals surface area contributed by atoms with E-state index in [-0.39, 0.29) is 6.03 Å². The van der Waals surface area contributed by atoms with Gasteiger partial charge >= 0.3 is 6.03 Å². The van der Waals surface area contributed by atoms with Gasteiger partial charge < -0.3 is 25.6 Å². The maximum atomic E-state index is 12.0. The topological polar surface area (TPSA) is 91.4 Å². The van der Waals surface area contributed by atoms with Crippen molar-refractivity contribution in [3.05, 3.63) is 36.2 Å². The largest absolute Gasteiger partial charge is 0.378 e. The van der Waals surface area contributed by atoms with E-state index in [2.05, 4.69) is 44.7 Å². The normalized spacial score (nSPS) is 14.1. The van der Waals surface area contributed by atoms with Gasteiger partial charge in [0.05, 0.1) is 13.2 Å². The number of ether oxygens (including phenoxy) is 1. The summed E-state index contributed by atoms with van der Waals surface area (Å²) in [7, 11) is 0. The Kier molecular flexibility index (Phi) is 6.65. The summed E-state index contributed by atoms with van der Waals surface area (Å²) >= 11 is 0. The summed E-state index contributed by atoms with van der Waals surface area (Å²) in [4.78, 5) is 23.2. The average Bonchev–Trinajstić information content (AvgIpc) is 2.67. The molecule has 0 bridgehead atoms. The minimum atomic E-state index is -0.210. The zero-order chi connectivity index (χ0) is 19.9. The first-order chi connectivity index (χ1) is 13.5. The molecule has 1 aromatic carbocycles. The van der Waals surface area contributed by atoms with Crippen molar-refractivity contribution in [1.82, 2.24) is 15.3 Å². The molecule has 1 saturated heterocycles. The zero-order valence-electron chi connectivity index (χ0n) is 16.7. The highest BCUT2D eigenvalue weighted by Crippen LogP contribution is 2.22. The van der Waals surface area contributed by atoms with Gasteiger partial charge in [0.1, 0.15) is 17.5 Å². The Hall–Kier alpha value is -2.87. The molecule has 2 heterocycles. The molecule has 28 heavy (non-hydrogen) atoms. The molecular weight excluding hydrogens is 356 g/mol. The summed E-state index contributed by atoms with van der Waals surface area (Å²) in [5.41, 5.74) is 1.55. The number of aromatic nitrogens is 2. The fourth-order valence-corrected chi connectivity index (χ4v) is 2.87. The minimum Gasteiger partial charge on any atom is -0.378 e. The molecule has 0 saturated carbocycles. The van der Waals surface area contributed by atoms with E-state index in [1.54, 1.807) is 0 Å². The third-order valence-corrected chi connectivity index (χ3v) is 4.22. The molecule has 3 N–H and O–H groups in total. The Morgan fingerprint density at radius 2 is 1.93 bits per heavy atom. The standard InChI is InChI=1S/C20H28N6O2/c1-14(2)13-21-20(27)25-17-6-4-5-16(11-17)24-18-12-19(23-15(3)22-18)26-7-9-28-10-8-26/h4-6,11-12,14H,7-10,13H2,1-3H3,(H2,21,25,27)(H,22,23,24). The second kappa shape index (κ2) is 9.36. The first-order valence-corrected chi connectivity index (χ1v) is 9.60. The van der Waals surface area contributed by atoms with Crippen molar-refractivity contribution in [1.29, 1.82) is 0 Å². The number of hydrogen-bond donors (Lipinski definition) is 3. The number of carbonyl (C=O) groups excluding carboxylic acids is 1. The molecule has 1 aromatic heterocycles. The van der Waals surface area contributed by atoms with Crippen LogP contribution in [-0.4, -0.2) is 48.8 Å². The SMILES string of the molecule is Cc1nc(Nc2cccc(NC(=O)NCC(C)C)c2)cc(N2CCOCC2)n1. The van der Waals surface area contributed by atoms with Crippen LogP contribution in [0.3, 0.4) is 0 Å². The number of rotatable bonds is 6. The molecule has 3 rings (SSSR count). The third-order valence-electron chi connectivity index (χ3n) is 4.22. The van der Waals surface area contributed by atoms with Gasteiger partial charge in [-0.2, -0.15) is 0 Å². The van der Waals surface area contributed by atoms with Crippen LogP contribution in [0, 0.1) is 12.8 Å². The van der Waals surface area contributed by atoms with Crippen molar-refractivity contribution in [2.45, 2.75) is 20.8 Å². The number of benzene rings is 1. The van der Waals surface area contributed by atoms with Crippen molar-refractivity contribution < 1.29 is 9.53 Å². The Balaban J connectivity index is 1.68. The number of nitrogens with zero attached hydrogens (tertiary/aromatic N) is 3. The highest BCUT2D eigenvalue weighted by molar-refractivity contribution is 5.89. The fraction of sp³-hybridized carbons (Fsp3) is 0.450. The van der Waals surface area contributed by atoms with Crippen LogP contribution in [-0.2, 0) is 4.74 Å². The van der Waals surface area contributed by atoms with Gasteiger partial charge in [0.25, 0.3) is 0 Å². The van der Waals surface area contributed by atoms with E-state index in [0.29, 0.717) is 37.2 Å². The van der Waals surface area contributed by atoms with Crippen LogP contribution in [0.2, 0.25) is 0 Å². The van der Waals surface area contributed by atoms with Crippen molar-refractivity contribution in [3.8, 4) is 0 Å². The maximum absolute atomic E-state index is 12.0. The quantitative estimate of drug-likeness (QED) is 0.709. The third kappa shape index (κ3) is 5.82. The lowest BCUT2D eigenvalue weighted by Crippen LogP contribution is -2.36. The number of anilines is 4. The van der Waals surface area contributed by atoms with E-state index < -0.39 is 0 Å². The summed E-state index contributed by atoms with van der Waals surface area (Å²) in [6, 6.07) is 9.28. The van der Waals surface area contributed by atoms with Crippen molar-refractivity contribution in [3.63, 3.8) is 0 Å². The van der Waals surface area contributed by atoms with Crippen LogP contribution >= 0.6 is 0 Å². The smallest absolute Gasteiger partial charge is 0.319 e. The molecule has 2 amide bonds. The molecule has 1 aliphatic rings. The van der Waals surface area contributed by atoms with E-state index in [1.165, 1.54) is 0 Å². The molecule has 0 aliphatic carbocycles. The predicted octanol–water partition coefficient (Wildman–Crippen LogP) is 3.14. The lowest BCUT2D eigenvalue weighted by Gasteiger charge is -2.28. The molecule has 0 spiro atoms. The first-order valence-electron chi connectivity index (χ1n) is 9.60. The number of urea groups is 1. The Bertz CT molecular complexity index is 805. The number of hydrogen-bond acceptors (Lipinski definition) is 6. The number of morpholine rings is 1. The molecule has 8 heteroatoms. The monoisotopic (exact) mass is 384 g/mol. The van der Waals surface area contributed by atoms with E-state index in [1.807, 2.05) is 37.3 Å². The van der Waals surface area contributed by atoms with Crippen molar-refractivity contribution in [2.24, 2.45) is 5.92 Å². The van der Waals surface area contributed by atoms with Gasteiger partial charge in [0.15, 0.2) is 0 Å². The molecule has 1 aliphatic heterocycles. The van der Waals surface area contributed by atoms with Gasteiger partial charge in [0.2, 0.25) is 0 Å². The second-order valence-corrected chi connectivity index (χ2v) is 7.19. The fourth-order valence-electron chi connectivity index (χ4n) is 2.87.